The monoisotopic (exact) mass is 268 g/mol. The lowest BCUT2D eigenvalue weighted by Gasteiger charge is -2.10. The third-order valence-electron chi connectivity index (χ3n) is 2.92. The number of carbonyl (C=O) groups is 2. The van der Waals surface area contributed by atoms with E-state index in [2.05, 4.69) is 10.6 Å². The van der Waals surface area contributed by atoms with Gasteiger partial charge < -0.3 is 15.4 Å². The van der Waals surface area contributed by atoms with Crippen molar-refractivity contribution in [2.75, 3.05) is 10.6 Å². The van der Waals surface area contributed by atoms with Gasteiger partial charge in [0.25, 0.3) is 0 Å². The second kappa shape index (κ2) is 6.52. The molecule has 2 rings (SSSR count). The summed E-state index contributed by atoms with van der Waals surface area (Å²) in [5, 5.41) is 5.54. The number of hydrogen-bond donors (Lipinski definition) is 2. The number of aryl methyl sites for hydroxylation is 1. The number of rotatable bonds is 4. The molecular weight excluding hydrogens is 252 g/mol. The minimum atomic E-state index is -0.289. The predicted molar refractivity (Wildman–Crippen MR) is 80.0 cm³/mol. The average molecular weight is 268 g/mol. The number of para-hydroxylation sites is 1. The Bertz CT molecular complexity index is 606. The first-order chi connectivity index (χ1) is 9.69. The molecule has 0 aliphatic heterocycles. The first-order valence-corrected chi connectivity index (χ1v) is 6.35. The van der Waals surface area contributed by atoms with Crippen molar-refractivity contribution in [3.05, 3.63) is 59.7 Å². The van der Waals surface area contributed by atoms with Crippen molar-refractivity contribution in [3.8, 4) is 0 Å². The summed E-state index contributed by atoms with van der Waals surface area (Å²) < 4.78 is 0. The number of nitrogens with one attached hydrogen (secondary N) is 2. The quantitative estimate of drug-likeness (QED) is 0.835. The number of hydrogen-bond acceptors (Lipinski definition) is 2. The van der Waals surface area contributed by atoms with Gasteiger partial charge in [-0.25, -0.2) is 4.79 Å². The molecule has 4 heteroatoms. The third-order valence-corrected chi connectivity index (χ3v) is 2.92. The van der Waals surface area contributed by atoms with Crippen molar-refractivity contribution in [1.82, 2.24) is 0 Å². The van der Waals surface area contributed by atoms with Gasteiger partial charge in [0.1, 0.15) is 6.29 Å². The van der Waals surface area contributed by atoms with Gasteiger partial charge in [-0.15, -0.1) is 0 Å². The van der Waals surface area contributed by atoms with Gasteiger partial charge in [0.2, 0.25) is 0 Å². The number of benzene rings is 2. The molecule has 102 valence electrons. The average Bonchev–Trinajstić information content (AvgIpc) is 2.44. The van der Waals surface area contributed by atoms with E-state index in [0.717, 1.165) is 23.1 Å². The Balaban J connectivity index is 1.97. The number of urea groups is 1. The molecule has 0 radical (unpaired) electrons. The van der Waals surface area contributed by atoms with Gasteiger partial charge in [0.05, 0.1) is 0 Å². The fourth-order valence-electron chi connectivity index (χ4n) is 1.82. The van der Waals surface area contributed by atoms with E-state index in [1.165, 1.54) is 0 Å². The molecule has 0 bridgehead atoms. The van der Waals surface area contributed by atoms with Gasteiger partial charge in [-0.05, 0) is 36.2 Å². The summed E-state index contributed by atoms with van der Waals surface area (Å²) in [5.41, 5.74) is 3.39. The Morgan fingerprint density at radius 3 is 2.40 bits per heavy atom. The molecule has 0 spiro atoms. The Morgan fingerprint density at radius 2 is 1.75 bits per heavy atom. The summed E-state index contributed by atoms with van der Waals surface area (Å²) in [6, 6.07) is 14.5. The summed E-state index contributed by atoms with van der Waals surface area (Å²) in [7, 11) is 0. The van der Waals surface area contributed by atoms with Crippen molar-refractivity contribution < 1.29 is 9.59 Å². The van der Waals surface area contributed by atoms with Crippen LogP contribution >= 0.6 is 0 Å². The smallest absolute Gasteiger partial charge is 0.308 e. The first-order valence-electron chi connectivity index (χ1n) is 6.35. The van der Waals surface area contributed by atoms with Crippen LogP contribution in [0.4, 0.5) is 16.2 Å². The van der Waals surface area contributed by atoms with Crippen LogP contribution in [0.3, 0.4) is 0 Å². The van der Waals surface area contributed by atoms with Crippen molar-refractivity contribution in [3.63, 3.8) is 0 Å². The summed E-state index contributed by atoms with van der Waals surface area (Å²) in [4.78, 5) is 22.3. The van der Waals surface area contributed by atoms with Gasteiger partial charge >= 0.3 is 6.03 Å². The van der Waals surface area contributed by atoms with Crippen LogP contribution in [-0.2, 0) is 11.2 Å². The molecule has 2 aromatic rings. The Morgan fingerprint density at radius 1 is 1.05 bits per heavy atom. The third kappa shape index (κ3) is 3.68. The van der Waals surface area contributed by atoms with Gasteiger partial charge in [-0.3, -0.25) is 0 Å². The summed E-state index contributed by atoms with van der Waals surface area (Å²) >= 11 is 0. The van der Waals surface area contributed by atoms with E-state index in [4.69, 9.17) is 0 Å². The minimum Gasteiger partial charge on any atom is -0.308 e. The van der Waals surface area contributed by atoms with Crippen LogP contribution in [0.1, 0.15) is 11.1 Å². The zero-order valence-electron chi connectivity index (χ0n) is 11.2. The van der Waals surface area contributed by atoms with E-state index in [1.54, 1.807) is 12.1 Å². The molecule has 2 N–H and O–H groups in total. The maximum absolute atomic E-state index is 11.9. The molecule has 20 heavy (non-hydrogen) atoms. The molecule has 0 saturated heterocycles. The normalized spacial score (nSPS) is 9.85. The van der Waals surface area contributed by atoms with Crippen LogP contribution in [0.2, 0.25) is 0 Å². The second-order valence-electron chi connectivity index (χ2n) is 4.46. The second-order valence-corrected chi connectivity index (χ2v) is 4.46. The highest BCUT2D eigenvalue weighted by Crippen LogP contribution is 2.14. The molecule has 0 atom stereocenters. The van der Waals surface area contributed by atoms with E-state index in [9.17, 15) is 9.59 Å². The highest BCUT2D eigenvalue weighted by atomic mass is 16.2. The van der Waals surface area contributed by atoms with Crippen molar-refractivity contribution in [2.45, 2.75) is 13.3 Å². The summed E-state index contributed by atoms with van der Waals surface area (Å²) in [6.07, 6.45) is 1.24. The predicted octanol–water partition coefficient (Wildman–Crippen LogP) is 3.38. The standard InChI is InChI=1S/C16H16N2O2/c1-12-4-2-3-5-15(12)18-16(20)17-14-8-6-13(7-9-14)10-11-19/h2-9,11H,10H2,1H3,(H2,17,18,20). The van der Waals surface area contributed by atoms with Crippen LogP contribution in [0.25, 0.3) is 0 Å². The fraction of sp³-hybridized carbons (Fsp3) is 0.125. The lowest BCUT2D eigenvalue weighted by atomic mass is 10.1. The van der Waals surface area contributed by atoms with Crippen molar-refractivity contribution in [1.29, 1.82) is 0 Å². The maximum Gasteiger partial charge on any atom is 0.323 e. The lowest BCUT2D eigenvalue weighted by molar-refractivity contribution is -0.107. The molecule has 2 amide bonds. The zero-order chi connectivity index (χ0) is 14.4. The first kappa shape index (κ1) is 13.8. The largest absolute Gasteiger partial charge is 0.323 e. The fourth-order valence-corrected chi connectivity index (χ4v) is 1.82. The number of aldehydes is 1. The molecule has 0 aliphatic rings. The van der Waals surface area contributed by atoms with Gasteiger partial charge in [-0.1, -0.05) is 30.3 Å². The molecule has 4 nitrogen and oxygen atoms in total. The number of carbonyl (C=O) groups excluding carboxylic acids is 2. The van der Waals surface area contributed by atoms with Gasteiger partial charge in [0.15, 0.2) is 0 Å². The Labute approximate surface area is 117 Å². The molecule has 0 heterocycles. The Hall–Kier alpha value is -2.62. The highest BCUT2D eigenvalue weighted by Gasteiger charge is 2.04. The van der Waals surface area contributed by atoms with Crippen LogP contribution in [0.15, 0.2) is 48.5 Å². The van der Waals surface area contributed by atoms with E-state index in [0.29, 0.717) is 12.1 Å². The van der Waals surface area contributed by atoms with Crippen LogP contribution in [0.5, 0.6) is 0 Å². The van der Waals surface area contributed by atoms with E-state index in [1.807, 2.05) is 43.3 Å². The van der Waals surface area contributed by atoms with Crippen molar-refractivity contribution >= 4 is 23.7 Å². The molecule has 0 aliphatic carbocycles. The number of anilines is 2. The maximum atomic E-state index is 11.9. The molecule has 0 saturated carbocycles. The van der Waals surface area contributed by atoms with Crippen LogP contribution in [-0.4, -0.2) is 12.3 Å². The molecule has 0 fully saturated rings. The highest BCUT2D eigenvalue weighted by molar-refractivity contribution is 6.00. The number of amides is 2. The van der Waals surface area contributed by atoms with Gasteiger partial charge in [0, 0.05) is 17.8 Å². The van der Waals surface area contributed by atoms with E-state index in [-0.39, 0.29) is 6.03 Å². The minimum absolute atomic E-state index is 0.289. The van der Waals surface area contributed by atoms with Crippen LogP contribution in [0, 0.1) is 6.92 Å². The van der Waals surface area contributed by atoms with E-state index < -0.39 is 0 Å². The van der Waals surface area contributed by atoms with Crippen LogP contribution < -0.4 is 10.6 Å². The Kier molecular flexibility index (Phi) is 4.50. The molecular formula is C16H16N2O2. The topological polar surface area (TPSA) is 58.2 Å². The molecule has 2 aromatic carbocycles. The summed E-state index contributed by atoms with van der Waals surface area (Å²) in [5.74, 6) is 0. The molecule has 0 aromatic heterocycles. The van der Waals surface area contributed by atoms with Gasteiger partial charge in [-0.2, -0.15) is 0 Å². The summed E-state index contributed by atoms with van der Waals surface area (Å²) in [6.45, 7) is 1.93. The zero-order valence-corrected chi connectivity index (χ0v) is 11.2. The molecule has 0 unspecified atom stereocenters. The SMILES string of the molecule is Cc1ccccc1NC(=O)Nc1ccc(CC=O)cc1. The lowest BCUT2D eigenvalue weighted by Crippen LogP contribution is -2.19. The van der Waals surface area contributed by atoms with Crippen molar-refractivity contribution in [2.24, 2.45) is 0 Å². The van der Waals surface area contributed by atoms with E-state index >= 15 is 0 Å².